The first-order valence-corrected chi connectivity index (χ1v) is 10.7. The van der Waals surface area contributed by atoms with Crippen LogP contribution in [0.1, 0.15) is 49.2 Å². The lowest BCUT2D eigenvalue weighted by atomic mass is 9.95. The first-order valence-electron chi connectivity index (χ1n) is 9.86. The molecule has 6 nitrogen and oxygen atoms in total. The van der Waals surface area contributed by atoms with Crippen LogP contribution in [-0.2, 0) is 10.2 Å². The van der Waals surface area contributed by atoms with Crippen LogP contribution >= 0.6 is 11.3 Å². The lowest BCUT2D eigenvalue weighted by molar-refractivity contribution is -0.121. The van der Waals surface area contributed by atoms with Crippen LogP contribution in [0.4, 0.5) is 5.69 Å². The van der Waals surface area contributed by atoms with Gasteiger partial charge in [0.1, 0.15) is 5.52 Å². The van der Waals surface area contributed by atoms with Crippen molar-refractivity contribution >= 4 is 39.9 Å². The van der Waals surface area contributed by atoms with Gasteiger partial charge in [0.25, 0.3) is 5.91 Å². The van der Waals surface area contributed by atoms with Crippen LogP contribution in [-0.4, -0.2) is 34.8 Å². The largest absolute Gasteiger partial charge is 0.440 e. The van der Waals surface area contributed by atoms with Crippen molar-refractivity contribution in [3.05, 3.63) is 46.5 Å². The molecule has 1 N–H and O–H groups in total. The molecule has 152 valence electrons. The number of hydrogen-bond donors (Lipinski definition) is 1. The molecule has 0 aliphatic carbocycles. The van der Waals surface area contributed by atoms with Crippen molar-refractivity contribution in [3.63, 3.8) is 0 Å². The number of nitrogens with one attached hydrogen (secondary N) is 1. The van der Waals surface area contributed by atoms with Crippen molar-refractivity contribution in [2.45, 2.75) is 39.0 Å². The van der Waals surface area contributed by atoms with Gasteiger partial charge in [-0.3, -0.25) is 9.59 Å². The van der Waals surface area contributed by atoms with Crippen molar-refractivity contribution in [1.29, 1.82) is 0 Å². The number of fused-ring (bicyclic) bond motifs is 1. The number of piperidine rings is 1. The van der Waals surface area contributed by atoms with Gasteiger partial charge in [0, 0.05) is 30.1 Å². The van der Waals surface area contributed by atoms with E-state index in [-0.39, 0.29) is 23.1 Å². The molecule has 0 saturated carbocycles. The predicted molar refractivity (Wildman–Crippen MR) is 114 cm³/mol. The van der Waals surface area contributed by atoms with Crippen LogP contribution < -0.4 is 5.32 Å². The predicted octanol–water partition coefficient (Wildman–Crippen LogP) is 4.68. The molecule has 7 heteroatoms. The maximum Gasteiger partial charge on any atom is 0.263 e. The molecule has 1 aliphatic rings. The number of benzene rings is 1. The highest BCUT2D eigenvalue weighted by Gasteiger charge is 2.28. The fraction of sp³-hybridized carbons (Fsp3) is 0.409. The van der Waals surface area contributed by atoms with Gasteiger partial charge in [-0.25, -0.2) is 4.98 Å². The molecule has 1 fully saturated rings. The highest BCUT2D eigenvalue weighted by atomic mass is 32.1. The monoisotopic (exact) mass is 411 g/mol. The summed E-state index contributed by atoms with van der Waals surface area (Å²) in [5, 5.41) is 4.91. The number of aromatic nitrogens is 1. The number of likely N-dealkylation sites (tertiary alicyclic amines) is 1. The smallest absolute Gasteiger partial charge is 0.263 e. The van der Waals surface area contributed by atoms with Crippen LogP contribution in [0.25, 0.3) is 11.1 Å². The molecule has 0 spiro atoms. The van der Waals surface area contributed by atoms with Crippen LogP contribution in [0.5, 0.6) is 0 Å². The number of hydrogen-bond acceptors (Lipinski definition) is 5. The minimum absolute atomic E-state index is 0.00730. The van der Waals surface area contributed by atoms with Gasteiger partial charge < -0.3 is 14.6 Å². The molecule has 3 aromatic rings. The fourth-order valence-electron chi connectivity index (χ4n) is 3.47. The van der Waals surface area contributed by atoms with Gasteiger partial charge in [-0.15, -0.1) is 11.3 Å². The normalized spacial score (nSPS) is 15.6. The standard InChI is InChI=1S/C22H25N3O3S/c1-22(2,3)21-24-16-13-15(6-7-17(16)28-21)23-19(26)14-8-10-25(11-9-14)20(27)18-5-4-12-29-18/h4-7,12-14H,8-11H2,1-3H3,(H,23,26). The fourth-order valence-corrected chi connectivity index (χ4v) is 4.16. The topological polar surface area (TPSA) is 75.4 Å². The third-order valence-electron chi connectivity index (χ3n) is 5.18. The Labute approximate surface area is 173 Å². The minimum Gasteiger partial charge on any atom is -0.440 e. The van der Waals surface area contributed by atoms with Crippen molar-refractivity contribution in [2.24, 2.45) is 5.92 Å². The molecule has 0 atom stereocenters. The second-order valence-corrected chi connectivity index (χ2v) is 9.43. The Balaban J connectivity index is 1.38. The van der Waals surface area contributed by atoms with E-state index in [1.165, 1.54) is 11.3 Å². The Morgan fingerprint density at radius 2 is 1.97 bits per heavy atom. The molecule has 1 aromatic carbocycles. The van der Waals surface area contributed by atoms with Gasteiger partial charge in [0.05, 0.1) is 4.88 Å². The van der Waals surface area contributed by atoms with E-state index >= 15 is 0 Å². The molecule has 1 saturated heterocycles. The van der Waals surface area contributed by atoms with Crippen LogP contribution in [0.2, 0.25) is 0 Å². The molecule has 29 heavy (non-hydrogen) atoms. The zero-order chi connectivity index (χ0) is 20.6. The molecular formula is C22H25N3O3S. The molecule has 0 unspecified atom stereocenters. The first-order chi connectivity index (χ1) is 13.8. The van der Waals surface area contributed by atoms with Crippen LogP contribution in [0.3, 0.4) is 0 Å². The van der Waals surface area contributed by atoms with Crippen molar-refractivity contribution in [3.8, 4) is 0 Å². The summed E-state index contributed by atoms with van der Waals surface area (Å²) in [6, 6.07) is 9.26. The molecule has 2 aromatic heterocycles. The van der Waals surface area contributed by atoms with E-state index in [0.717, 1.165) is 10.4 Å². The van der Waals surface area contributed by atoms with E-state index in [1.54, 1.807) is 0 Å². The summed E-state index contributed by atoms with van der Waals surface area (Å²) in [5.41, 5.74) is 2.00. The summed E-state index contributed by atoms with van der Waals surface area (Å²) in [5.74, 6) is 0.636. The summed E-state index contributed by atoms with van der Waals surface area (Å²) in [7, 11) is 0. The quantitative estimate of drug-likeness (QED) is 0.679. The third kappa shape index (κ3) is 4.19. The Kier molecular flexibility index (Phi) is 5.17. The maximum atomic E-state index is 12.7. The number of nitrogens with zero attached hydrogens (tertiary/aromatic N) is 2. The second-order valence-electron chi connectivity index (χ2n) is 8.48. The van der Waals surface area contributed by atoms with Gasteiger partial charge in [0.2, 0.25) is 11.8 Å². The Hall–Kier alpha value is -2.67. The van der Waals surface area contributed by atoms with Gasteiger partial charge in [-0.1, -0.05) is 26.8 Å². The second kappa shape index (κ2) is 7.63. The molecule has 4 rings (SSSR count). The molecule has 1 aliphatic heterocycles. The lowest BCUT2D eigenvalue weighted by Gasteiger charge is -2.31. The van der Waals surface area contributed by atoms with E-state index in [4.69, 9.17) is 4.42 Å². The van der Waals surface area contributed by atoms with E-state index in [0.29, 0.717) is 43.1 Å². The Morgan fingerprint density at radius 3 is 2.62 bits per heavy atom. The molecule has 2 amide bonds. The first kappa shape index (κ1) is 19.6. The number of carbonyl (C=O) groups is 2. The van der Waals surface area contributed by atoms with Crippen molar-refractivity contribution in [1.82, 2.24) is 9.88 Å². The Bertz CT molecular complexity index is 1030. The SMILES string of the molecule is CC(C)(C)c1nc2cc(NC(=O)C3CCN(C(=O)c4cccs4)CC3)ccc2o1. The number of carbonyl (C=O) groups excluding carboxylic acids is 2. The average molecular weight is 412 g/mol. The number of oxazole rings is 1. The number of amides is 2. The van der Waals surface area contributed by atoms with Gasteiger partial charge in [-0.2, -0.15) is 0 Å². The third-order valence-corrected chi connectivity index (χ3v) is 6.04. The van der Waals surface area contributed by atoms with Crippen molar-refractivity contribution < 1.29 is 14.0 Å². The van der Waals surface area contributed by atoms with E-state index in [9.17, 15) is 9.59 Å². The highest BCUT2D eigenvalue weighted by Crippen LogP contribution is 2.28. The van der Waals surface area contributed by atoms with Crippen LogP contribution in [0, 0.1) is 5.92 Å². The van der Waals surface area contributed by atoms with E-state index in [1.807, 2.05) is 40.6 Å². The summed E-state index contributed by atoms with van der Waals surface area (Å²) in [6.07, 6.45) is 1.34. The zero-order valence-electron chi connectivity index (χ0n) is 16.9. The molecular weight excluding hydrogens is 386 g/mol. The molecule has 0 bridgehead atoms. The Morgan fingerprint density at radius 1 is 1.21 bits per heavy atom. The molecule has 0 radical (unpaired) electrons. The van der Waals surface area contributed by atoms with Gasteiger partial charge in [-0.05, 0) is 42.5 Å². The zero-order valence-corrected chi connectivity index (χ0v) is 17.7. The van der Waals surface area contributed by atoms with Crippen LogP contribution in [0.15, 0.2) is 40.1 Å². The lowest BCUT2D eigenvalue weighted by Crippen LogP contribution is -2.41. The van der Waals surface area contributed by atoms with Gasteiger partial charge >= 0.3 is 0 Å². The van der Waals surface area contributed by atoms with E-state index < -0.39 is 0 Å². The number of rotatable bonds is 3. The highest BCUT2D eigenvalue weighted by molar-refractivity contribution is 7.12. The number of thiophene rings is 1. The van der Waals surface area contributed by atoms with Crippen molar-refractivity contribution in [2.75, 3.05) is 18.4 Å². The maximum absolute atomic E-state index is 12.7. The summed E-state index contributed by atoms with van der Waals surface area (Å²) in [6.45, 7) is 7.36. The van der Waals surface area contributed by atoms with E-state index in [2.05, 4.69) is 31.1 Å². The minimum atomic E-state index is -0.170. The summed E-state index contributed by atoms with van der Waals surface area (Å²) >= 11 is 1.45. The summed E-state index contributed by atoms with van der Waals surface area (Å²) < 4.78 is 5.81. The summed E-state index contributed by atoms with van der Waals surface area (Å²) in [4.78, 5) is 32.3. The molecule has 3 heterocycles. The number of anilines is 1. The van der Waals surface area contributed by atoms with Gasteiger partial charge in [0.15, 0.2) is 5.58 Å². The average Bonchev–Trinajstić information content (AvgIpc) is 3.36.